The Balaban J connectivity index is 1.75. The zero-order chi connectivity index (χ0) is 15.6. The van der Waals surface area contributed by atoms with Gasteiger partial charge in [0.25, 0.3) is 0 Å². The highest BCUT2D eigenvalue weighted by molar-refractivity contribution is 5.85. The van der Waals surface area contributed by atoms with Gasteiger partial charge in [0.15, 0.2) is 0 Å². The topological polar surface area (TPSA) is 83.0 Å². The zero-order valence-corrected chi connectivity index (χ0v) is 13.0. The Kier molecular flexibility index (Phi) is 2.66. The van der Waals surface area contributed by atoms with Crippen LogP contribution in [-0.2, 0) is 4.74 Å². The van der Waals surface area contributed by atoms with Crippen LogP contribution in [0.25, 0.3) is 11.0 Å². The van der Waals surface area contributed by atoms with E-state index in [9.17, 15) is 4.79 Å². The molecule has 6 heteroatoms. The van der Waals surface area contributed by atoms with Crippen molar-refractivity contribution in [1.82, 2.24) is 14.5 Å². The predicted molar refractivity (Wildman–Crippen MR) is 86.4 cm³/mol. The maximum atomic E-state index is 12.6. The summed E-state index contributed by atoms with van der Waals surface area (Å²) < 4.78 is 7.79. The maximum Gasteiger partial charge on any atom is 0.351 e. The number of nitrogens with zero attached hydrogens (tertiary/aromatic N) is 3. The molecule has 3 heterocycles. The lowest BCUT2D eigenvalue weighted by Crippen LogP contribution is -2.40. The molecule has 0 amide bonds. The fourth-order valence-electron chi connectivity index (χ4n) is 3.92. The Morgan fingerprint density at radius 3 is 2.78 bits per heavy atom. The molecule has 2 aromatic rings. The second kappa shape index (κ2) is 4.54. The highest BCUT2D eigenvalue weighted by atomic mass is 16.5. The van der Waals surface area contributed by atoms with E-state index in [1.165, 1.54) is 12.8 Å². The Bertz CT molecular complexity index is 852. The van der Waals surface area contributed by atoms with E-state index in [0.717, 1.165) is 43.4 Å². The van der Waals surface area contributed by atoms with Crippen molar-refractivity contribution >= 4 is 16.9 Å². The SMILES string of the molecule is Nc1nc(=O)n(C2CCCOC23CC3)c2nc(C3CC3)ccc12. The molecule has 1 unspecified atom stereocenters. The number of aromatic nitrogens is 3. The van der Waals surface area contributed by atoms with E-state index >= 15 is 0 Å². The zero-order valence-electron chi connectivity index (χ0n) is 13.0. The molecule has 23 heavy (non-hydrogen) atoms. The Morgan fingerprint density at radius 2 is 2.04 bits per heavy atom. The summed E-state index contributed by atoms with van der Waals surface area (Å²) in [5.41, 5.74) is 7.27. The molecule has 0 bridgehead atoms. The van der Waals surface area contributed by atoms with Crippen molar-refractivity contribution in [3.8, 4) is 0 Å². The van der Waals surface area contributed by atoms with Crippen molar-refractivity contribution in [2.75, 3.05) is 12.3 Å². The Hall–Kier alpha value is -1.95. The molecule has 2 aliphatic carbocycles. The van der Waals surface area contributed by atoms with Crippen molar-refractivity contribution in [2.45, 2.75) is 56.1 Å². The monoisotopic (exact) mass is 312 g/mol. The normalized spacial score (nSPS) is 25.8. The highest BCUT2D eigenvalue weighted by Crippen LogP contribution is 2.52. The third-order valence-electron chi connectivity index (χ3n) is 5.49. The van der Waals surface area contributed by atoms with Crippen LogP contribution in [0.3, 0.4) is 0 Å². The van der Waals surface area contributed by atoms with Crippen LogP contribution in [0.5, 0.6) is 0 Å². The first kappa shape index (κ1) is 13.5. The minimum atomic E-state index is -0.294. The summed E-state index contributed by atoms with van der Waals surface area (Å²) in [6.07, 6.45) is 6.29. The molecule has 2 N–H and O–H groups in total. The lowest BCUT2D eigenvalue weighted by molar-refractivity contribution is -0.0415. The summed E-state index contributed by atoms with van der Waals surface area (Å²) in [7, 11) is 0. The van der Waals surface area contributed by atoms with Crippen molar-refractivity contribution in [1.29, 1.82) is 0 Å². The number of hydrogen-bond acceptors (Lipinski definition) is 5. The van der Waals surface area contributed by atoms with Gasteiger partial charge in [0.2, 0.25) is 0 Å². The molecule has 120 valence electrons. The quantitative estimate of drug-likeness (QED) is 0.918. The second-order valence-corrected chi connectivity index (χ2v) is 7.10. The van der Waals surface area contributed by atoms with Gasteiger partial charge < -0.3 is 10.5 Å². The van der Waals surface area contributed by atoms with Gasteiger partial charge in [0.1, 0.15) is 11.5 Å². The predicted octanol–water partition coefficient (Wildman–Crippen LogP) is 2.14. The fourth-order valence-corrected chi connectivity index (χ4v) is 3.92. The number of pyridine rings is 1. The summed E-state index contributed by atoms with van der Waals surface area (Å²) in [6, 6.07) is 4.02. The van der Waals surface area contributed by atoms with Crippen molar-refractivity contribution in [3.05, 3.63) is 28.3 Å². The van der Waals surface area contributed by atoms with Crippen LogP contribution in [0.15, 0.2) is 16.9 Å². The largest absolute Gasteiger partial charge is 0.383 e. The minimum Gasteiger partial charge on any atom is -0.383 e. The number of ether oxygens (including phenoxy) is 1. The summed E-state index contributed by atoms with van der Waals surface area (Å²) in [5, 5.41) is 0.773. The van der Waals surface area contributed by atoms with Gasteiger partial charge in [-0.3, -0.25) is 4.57 Å². The number of nitrogens with two attached hydrogens (primary N) is 1. The van der Waals surface area contributed by atoms with Gasteiger partial charge in [-0.2, -0.15) is 4.98 Å². The van der Waals surface area contributed by atoms with E-state index in [-0.39, 0.29) is 23.2 Å². The first-order valence-electron chi connectivity index (χ1n) is 8.51. The molecular weight excluding hydrogens is 292 g/mol. The molecule has 0 radical (unpaired) electrons. The Labute approximate surface area is 133 Å². The van der Waals surface area contributed by atoms with Gasteiger partial charge >= 0.3 is 5.69 Å². The minimum absolute atomic E-state index is 0.0290. The van der Waals surface area contributed by atoms with Crippen LogP contribution in [0.1, 0.15) is 56.2 Å². The number of fused-ring (bicyclic) bond motifs is 1. The van der Waals surface area contributed by atoms with Gasteiger partial charge in [-0.25, -0.2) is 9.78 Å². The van der Waals surface area contributed by atoms with Gasteiger partial charge in [-0.1, -0.05) is 0 Å². The summed E-state index contributed by atoms with van der Waals surface area (Å²) in [4.78, 5) is 21.5. The van der Waals surface area contributed by atoms with Crippen LogP contribution in [-0.4, -0.2) is 26.7 Å². The molecule has 3 aliphatic rings. The summed E-state index contributed by atoms with van der Waals surface area (Å²) in [6.45, 7) is 0.784. The van der Waals surface area contributed by atoms with Gasteiger partial charge in [-0.15, -0.1) is 0 Å². The van der Waals surface area contributed by atoms with Crippen LogP contribution in [0, 0.1) is 0 Å². The molecule has 6 nitrogen and oxygen atoms in total. The number of rotatable bonds is 2. The third-order valence-corrected chi connectivity index (χ3v) is 5.49. The average Bonchev–Trinajstić information content (AvgIpc) is 3.44. The number of nitrogen functional groups attached to an aromatic ring is 1. The van der Waals surface area contributed by atoms with E-state index in [1.807, 2.05) is 12.1 Å². The lowest BCUT2D eigenvalue weighted by atomic mass is 10.00. The molecule has 0 aromatic carbocycles. The molecule has 1 aliphatic heterocycles. The maximum absolute atomic E-state index is 12.6. The summed E-state index contributed by atoms with van der Waals surface area (Å²) in [5.74, 6) is 0.813. The third kappa shape index (κ3) is 2.01. The molecule has 2 saturated carbocycles. The van der Waals surface area contributed by atoms with Crippen LogP contribution in [0.2, 0.25) is 0 Å². The molecule has 3 fully saturated rings. The van der Waals surface area contributed by atoms with E-state index < -0.39 is 0 Å². The number of hydrogen-bond donors (Lipinski definition) is 1. The van der Waals surface area contributed by atoms with Crippen molar-refractivity contribution in [3.63, 3.8) is 0 Å². The fraction of sp³-hybridized carbons (Fsp3) is 0.588. The molecule has 1 atom stereocenters. The molecule has 1 saturated heterocycles. The second-order valence-electron chi connectivity index (χ2n) is 7.10. The van der Waals surface area contributed by atoms with Crippen LogP contribution in [0.4, 0.5) is 5.82 Å². The molecular formula is C17H20N4O2. The van der Waals surface area contributed by atoms with Crippen molar-refractivity contribution < 1.29 is 4.74 Å². The van der Waals surface area contributed by atoms with Crippen molar-refractivity contribution in [2.24, 2.45) is 0 Å². The molecule has 2 aromatic heterocycles. The summed E-state index contributed by atoms with van der Waals surface area (Å²) >= 11 is 0. The highest BCUT2D eigenvalue weighted by Gasteiger charge is 2.53. The van der Waals surface area contributed by atoms with Crippen LogP contribution < -0.4 is 11.4 Å². The van der Waals surface area contributed by atoms with Gasteiger partial charge in [-0.05, 0) is 50.7 Å². The van der Waals surface area contributed by atoms with E-state index in [4.69, 9.17) is 15.5 Å². The van der Waals surface area contributed by atoms with E-state index in [1.54, 1.807) is 4.57 Å². The first-order chi connectivity index (χ1) is 11.2. The van der Waals surface area contributed by atoms with Gasteiger partial charge in [0, 0.05) is 18.2 Å². The molecule has 1 spiro atoms. The van der Waals surface area contributed by atoms with E-state index in [0.29, 0.717) is 11.6 Å². The smallest absolute Gasteiger partial charge is 0.351 e. The lowest BCUT2D eigenvalue weighted by Gasteiger charge is -2.33. The molecule has 5 rings (SSSR count). The number of anilines is 1. The average molecular weight is 312 g/mol. The van der Waals surface area contributed by atoms with E-state index in [2.05, 4.69) is 4.98 Å². The standard InChI is InChI=1S/C17H20N4O2/c18-14-11-5-6-12(10-3-4-10)19-15(11)21(16(22)20-14)13-2-1-9-23-17(13)7-8-17/h5-6,10,13H,1-4,7-9H2,(H2,18,20,22). The Morgan fingerprint density at radius 1 is 1.22 bits per heavy atom. The van der Waals surface area contributed by atoms with Gasteiger partial charge in [0.05, 0.1) is 17.0 Å². The first-order valence-corrected chi connectivity index (χ1v) is 8.51. The van der Waals surface area contributed by atoms with Crippen LogP contribution >= 0.6 is 0 Å².